The largest absolute Gasteiger partial charge is 0.508 e. The molecule has 3 aromatic rings. The molecule has 0 heterocycles. The summed E-state index contributed by atoms with van der Waals surface area (Å²) < 4.78 is 0. The second kappa shape index (κ2) is 6.79. The third-order valence-electron chi connectivity index (χ3n) is 3.67. The molecule has 0 bridgehead atoms. The van der Waals surface area contributed by atoms with Gasteiger partial charge in [-0.15, -0.1) is 0 Å². The Morgan fingerprint density at radius 2 is 1.54 bits per heavy atom. The summed E-state index contributed by atoms with van der Waals surface area (Å²) in [5.74, 6) is -0.0950. The lowest BCUT2D eigenvalue weighted by molar-refractivity contribution is 0.102. The zero-order chi connectivity index (χ0) is 16.9. The van der Waals surface area contributed by atoms with Crippen LogP contribution in [0.15, 0.2) is 72.8 Å². The van der Waals surface area contributed by atoms with E-state index in [-0.39, 0.29) is 11.7 Å². The highest BCUT2D eigenvalue weighted by atomic mass is 16.3. The van der Waals surface area contributed by atoms with Gasteiger partial charge in [0.2, 0.25) is 0 Å². The number of hydrogen-bond donors (Lipinski definition) is 2. The highest BCUT2D eigenvalue weighted by Gasteiger charge is 2.10. The molecule has 0 aliphatic carbocycles. The number of phenols is 1. The average Bonchev–Trinajstić information content (AvgIpc) is 2.63. The predicted molar refractivity (Wildman–Crippen MR) is 93.3 cm³/mol. The van der Waals surface area contributed by atoms with E-state index in [0.29, 0.717) is 23.1 Å². The molecule has 0 fully saturated rings. The van der Waals surface area contributed by atoms with Crippen LogP contribution < -0.4 is 5.32 Å². The van der Waals surface area contributed by atoms with Crippen molar-refractivity contribution in [1.29, 1.82) is 0 Å². The molecule has 1 amide bonds. The van der Waals surface area contributed by atoms with Crippen LogP contribution in [-0.2, 0) is 0 Å². The maximum atomic E-state index is 12.3. The molecule has 2 N–H and O–H groups in total. The minimum Gasteiger partial charge on any atom is -0.508 e. The van der Waals surface area contributed by atoms with Crippen LogP contribution in [0.25, 0.3) is 11.1 Å². The fraction of sp³-hybridized carbons (Fsp3) is 0. The number of aldehydes is 1. The van der Waals surface area contributed by atoms with Gasteiger partial charge in [0.25, 0.3) is 5.91 Å². The molecule has 0 saturated heterocycles. The third-order valence-corrected chi connectivity index (χ3v) is 3.67. The van der Waals surface area contributed by atoms with Gasteiger partial charge in [-0.3, -0.25) is 9.59 Å². The van der Waals surface area contributed by atoms with E-state index in [2.05, 4.69) is 5.32 Å². The Morgan fingerprint density at radius 3 is 2.21 bits per heavy atom. The van der Waals surface area contributed by atoms with E-state index < -0.39 is 0 Å². The molecular weight excluding hydrogens is 302 g/mol. The Kier molecular flexibility index (Phi) is 4.38. The molecule has 4 heteroatoms. The van der Waals surface area contributed by atoms with Gasteiger partial charge < -0.3 is 10.4 Å². The van der Waals surface area contributed by atoms with E-state index in [0.717, 1.165) is 11.1 Å². The van der Waals surface area contributed by atoms with Crippen LogP contribution in [0, 0.1) is 0 Å². The van der Waals surface area contributed by atoms with Crippen molar-refractivity contribution in [3.8, 4) is 16.9 Å². The molecule has 0 unspecified atom stereocenters. The molecular formula is C20H15NO3. The van der Waals surface area contributed by atoms with Crippen LogP contribution in [0.2, 0.25) is 0 Å². The van der Waals surface area contributed by atoms with E-state index >= 15 is 0 Å². The topological polar surface area (TPSA) is 66.4 Å². The number of rotatable bonds is 4. The quantitative estimate of drug-likeness (QED) is 0.711. The minimum atomic E-state index is -0.276. The predicted octanol–water partition coefficient (Wildman–Crippen LogP) is 4.12. The first-order chi connectivity index (χ1) is 11.7. The lowest BCUT2D eigenvalue weighted by Gasteiger charge is -2.10. The third kappa shape index (κ3) is 3.33. The van der Waals surface area contributed by atoms with Gasteiger partial charge in [-0.2, -0.15) is 0 Å². The van der Waals surface area contributed by atoms with Gasteiger partial charge >= 0.3 is 0 Å². The van der Waals surface area contributed by atoms with Crippen LogP contribution in [0.3, 0.4) is 0 Å². The molecule has 0 radical (unpaired) electrons. The van der Waals surface area contributed by atoms with Crippen molar-refractivity contribution in [1.82, 2.24) is 0 Å². The number of amides is 1. The molecule has 0 aliphatic rings. The summed E-state index contributed by atoms with van der Waals surface area (Å²) in [5.41, 5.74) is 3.08. The van der Waals surface area contributed by atoms with E-state index in [1.54, 1.807) is 66.7 Å². The van der Waals surface area contributed by atoms with Crippen molar-refractivity contribution in [2.45, 2.75) is 0 Å². The highest BCUT2D eigenvalue weighted by molar-refractivity contribution is 6.06. The Morgan fingerprint density at radius 1 is 0.875 bits per heavy atom. The molecule has 0 aliphatic heterocycles. The number of carbonyl (C=O) groups is 2. The molecule has 0 spiro atoms. The van der Waals surface area contributed by atoms with Crippen molar-refractivity contribution < 1.29 is 14.7 Å². The smallest absolute Gasteiger partial charge is 0.255 e. The average molecular weight is 317 g/mol. The lowest BCUT2D eigenvalue weighted by atomic mass is 10.0. The Bertz CT molecular complexity index is 871. The number of hydrogen-bond acceptors (Lipinski definition) is 3. The van der Waals surface area contributed by atoms with Gasteiger partial charge in [0.15, 0.2) is 6.29 Å². The van der Waals surface area contributed by atoms with Crippen LogP contribution in [0.4, 0.5) is 5.69 Å². The summed E-state index contributed by atoms with van der Waals surface area (Å²) in [5, 5.41) is 12.2. The van der Waals surface area contributed by atoms with Crippen molar-refractivity contribution in [3.63, 3.8) is 0 Å². The summed E-state index contributed by atoms with van der Waals surface area (Å²) in [6.07, 6.45) is 0.710. The molecule has 3 rings (SSSR count). The van der Waals surface area contributed by atoms with Crippen molar-refractivity contribution in [2.24, 2.45) is 0 Å². The first kappa shape index (κ1) is 15.5. The summed E-state index contributed by atoms with van der Waals surface area (Å²) in [6.45, 7) is 0. The second-order valence-corrected chi connectivity index (χ2v) is 5.29. The Hall–Kier alpha value is -3.40. The van der Waals surface area contributed by atoms with E-state index in [9.17, 15) is 14.7 Å². The van der Waals surface area contributed by atoms with E-state index in [4.69, 9.17) is 0 Å². The Balaban J connectivity index is 1.94. The van der Waals surface area contributed by atoms with Gasteiger partial charge in [0, 0.05) is 11.1 Å². The summed E-state index contributed by atoms with van der Waals surface area (Å²) in [7, 11) is 0. The number of aromatic hydroxyl groups is 1. The monoisotopic (exact) mass is 317 g/mol. The normalized spacial score (nSPS) is 10.2. The van der Waals surface area contributed by atoms with Crippen molar-refractivity contribution in [2.75, 3.05) is 5.32 Å². The van der Waals surface area contributed by atoms with Gasteiger partial charge in [0.05, 0.1) is 5.69 Å². The van der Waals surface area contributed by atoms with Crippen LogP contribution in [-0.4, -0.2) is 17.3 Å². The Labute approximate surface area is 139 Å². The molecule has 24 heavy (non-hydrogen) atoms. The lowest BCUT2D eigenvalue weighted by Crippen LogP contribution is -2.13. The minimum absolute atomic E-state index is 0.181. The van der Waals surface area contributed by atoms with Gasteiger partial charge in [-0.25, -0.2) is 0 Å². The fourth-order valence-corrected chi connectivity index (χ4v) is 2.38. The van der Waals surface area contributed by atoms with Gasteiger partial charge in [-0.05, 0) is 47.5 Å². The van der Waals surface area contributed by atoms with Gasteiger partial charge in [-0.1, -0.05) is 36.4 Å². The maximum absolute atomic E-state index is 12.3. The highest BCUT2D eigenvalue weighted by Crippen LogP contribution is 2.26. The molecule has 0 aromatic heterocycles. The van der Waals surface area contributed by atoms with E-state index in [1.807, 2.05) is 6.07 Å². The zero-order valence-corrected chi connectivity index (χ0v) is 12.8. The summed E-state index contributed by atoms with van der Waals surface area (Å²) in [4.78, 5) is 23.6. The first-order valence-electron chi connectivity index (χ1n) is 7.42. The maximum Gasteiger partial charge on any atom is 0.255 e. The number of anilines is 1. The standard InChI is InChI=1S/C20H15NO3/c22-13-17-7-6-16(14-8-10-18(23)11-9-14)12-19(17)21-20(24)15-4-2-1-3-5-15/h1-13,23H,(H,21,24). The van der Waals surface area contributed by atoms with Crippen LogP contribution in [0.1, 0.15) is 20.7 Å². The number of carbonyl (C=O) groups excluding carboxylic acids is 2. The number of nitrogens with one attached hydrogen (secondary N) is 1. The molecule has 0 atom stereocenters. The van der Waals surface area contributed by atoms with Crippen LogP contribution >= 0.6 is 0 Å². The van der Waals surface area contributed by atoms with Crippen molar-refractivity contribution >= 4 is 17.9 Å². The number of phenolic OH excluding ortho intramolecular Hbond substituents is 1. The van der Waals surface area contributed by atoms with Gasteiger partial charge in [0.1, 0.15) is 5.75 Å². The summed E-state index contributed by atoms with van der Waals surface area (Å²) >= 11 is 0. The van der Waals surface area contributed by atoms with Crippen LogP contribution in [0.5, 0.6) is 5.75 Å². The summed E-state index contributed by atoms with van der Waals surface area (Å²) in [6, 6.07) is 20.7. The molecule has 3 aromatic carbocycles. The molecule has 118 valence electrons. The SMILES string of the molecule is O=Cc1ccc(-c2ccc(O)cc2)cc1NC(=O)c1ccccc1. The second-order valence-electron chi connectivity index (χ2n) is 5.29. The fourth-order valence-electron chi connectivity index (χ4n) is 2.38. The van der Waals surface area contributed by atoms with E-state index in [1.165, 1.54) is 0 Å². The molecule has 0 saturated carbocycles. The van der Waals surface area contributed by atoms with Crippen molar-refractivity contribution in [3.05, 3.63) is 83.9 Å². The zero-order valence-electron chi connectivity index (χ0n) is 12.8. The first-order valence-corrected chi connectivity index (χ1v) is 7.42. The number of benzene rings is 3. The molecule has 4 nitrogen and oxygen atoms in total.